The van der Waals surface area contributed by atoms with Crippen LogP contribution in [0.1, 0.15) is 45.0 Å². The second-order valence-electron chi connectivity index (χ2n) is 7.45. The number of anilines is 2. The first kappa shape index (κ1) is 22.4. The molecule has 2 aromatic rings. The van der Waals surface area contributed by atoms with Crippen LogP contribution in [0.3, 0.4) is 0 Å². The maximum atomic E-state index is 14.0. The molecule has 0 aliphatic carbocycles. The van der Waals surface area contributed by atoms with Crippen molar-refractivity contribution in [3.05, 3.63) is 46.9 Å². The van der Waals surface area contributed by atoms with Crippen LogP contribution in [-0.2, 0) is 4.74 Å². The third-order valence-corrected chi connectivity index (χ3v) is 3.55. The number of ether oxygens (including phenoxy) is 2. The predicted octanol–water partition coefficient (Wildman–Crippen LogP) is 5.26. The lowest BCUT2D eigenvalue weighted by molar-refractivity contribution is 0.0635. The molecule has 2 rings (SSSR count). The lowest BCUT2D eigenvalue weighted by Gasteiger charge is -2.20. The molecular weight excluding hydrogens is 401 g/mol. The predicted molar refractivity (Wildman–Crippen MR) is 109 cm³/mol. The van der Waals surface area contributed by atoms with Crippen LogP contribution in [0.4, 0.5) is 20.6 Å². The monoisotopic (exact) mass is 423 g/mol. The molecule has 2 N–H and O–H groups in total. The van der Waals surface area contributed by atoms with E-state index in [1.165, 1.54) is 24.4 Å². The van der Waals surface area contributed by atoms with Crippen LogP contribution in [0, 0.1) is 5.82 Å². The van der Waals surface area contributed by atoms with Crippen molar-refractivity contribution in [2.24, 2.45) is 0 Å². The molecule has 29 heavy (non-hydrogen) atoms. The molecule has 1 aromatic carbocycles. The van der Waals surface area contributed by atoms with Gasteiger partial charge in [0.1, 0.15) is 16.4 Å². The average Bonchev–Trinajstić information content (AvgIpc) is 2.57. The first-order chi connectivity index (χ1) is 13.4. The van der Waals surface area contributed by atoms with Crippen molar-refractivity contribution >= 4 is 35.0 Å². The highest BCUT2D eigenvalue weighted by Crippen LogP contribution is 2.25. The summed E-state index contributed by atoms with van der Waals surface area (Å²) in [6.45, 7) is 8.73. The molecule has 0 saturated heterocycles. The minimum absolute atomic E-state index is 0.116. The molecule has 2 amide bonds. The van der Waals surface area contributed by atoms with Crippen molar-refractivity contribution < 1.29 is 23.5 Å². The van der Waals surface area contributed by atoms with Crippen molar-refractivity contribution in [3.63, 3.8) is 0 Å². The molecule has 0 saturated carbocycles. The van der Waals surface area contributed by atoms with E-state index >= 15 is 0 Å². The molecule has 7 nitrogen and oxygen atoms in total. The summed E-state index contributed by atoms with van der Waals surface area (Å²) in [5, 5.41) is 5.11. The summed E-state index contributed by atoms with van der Waals surface area (Å²) >= 11 is 6.10. The molecule has 1 heterocycles. The number of nitrogens with zero attached hydrogens (tertiary/aromatic N) is 1. The number of hydrogen-bond acceptors (Lipinski definition) is 5. The lowest BCUT2D eigenvalue weighted by Crippen LogP contribution is -2.27. The second-order valence-corrected chi connectivity index (χ2v) is 7.86. The van der Waals surface area contributed by atoms with E-state index in [0.29, 0.717) is 0 Å². The largest absolute Gasteiger partial charge is 0.474 e. The molecule has 1 aromatic heterocycles. The lowest BCUT2D eigenvalue weighted by atomic mass is 10.2. The summed E-state index contributed by atoms with van der Waals surface area (Å²) in [5.74, 6) is -0.956. The Kier molecular flexibility index (Phi) is 7.02. The van der Waals surface area contributed by atoms with Crippen LogP contribution in [0.5, 0.6) is 5.88 Å². The van der Waals surface area contributed by atoms with Gasteiger partial charge in [0, 0.05) is 11.9 Å². The third kappa shape index (κ3) is 6.90. The van der Waals surface area contributed by atoms with Crippen molar-refractivity contribution in [2.45, 2.75) is 46.3 Å². The van der Waals surface area contributed by atoms with E-state index in [0.717, 1.165) is 6.07 Å². The molecule has 9 heteroatoms. The highest BCUT2D eigenvalue weighted by molar-refractivity contribution is 6.32. The van der Waals surface area contributed by atoms with Crippen molar-refractivity contribution in [1.29, 1.82) is 0 Å². The summed E-state index contributed by atoms with van der Waals surface area (Å²) in [5.41, 5.74) is -0.406. The number of carbonyl (C=O) groups excluding carboxylic acids is 2. The van der Waals surface area contributed by atoms with E-state index in [4.69, 9.17) is 21.1 Å². The number of pyridine rings is 1. The minimum Gasteiger partial charge on any atom is -0.474 e. The summed E-state index contributed by atoms with van der Waals surface area (Å²) in [6, 6.07) is 5.18. The van der Waals surface area contributed by atoms with Gasteiger partial charge in [-0.1, -0.05) is 11.6 Å². The Morgan fingerprint density at radius 1 is 1.17 bits per heavy atom. The van der Waals surface area contributed by atoms with E-state index in [-0.39, 0.29) is 33.9 Å². The Morgan fingerprint density at radius 2 is 1.86 bits per heavy atom. The average molecular weight is 424 g/mol. The third-order valence-electron chi connectivity index (χ3n) is 3.28. The minimum atomic E-state index is -0.809. The highest BCUT2D eigenvalue weighted by Gasteiger charge is 2.18. The zero-order valence-corrected chi connectivity index (χ0v) is 17.6. The first-order valence-electron chi connectivity index (χ1n) is 8.87. The molecule has 0 spiro atoms. The van der Waals surface area contributed by atoms with E-state index in [1.54, 1.807) is 20.8 Å². The van der Waals surface area contributed by atoms with Gasteiger partial charge >= 0.3 is 6.09 Å². The number of nitrogens with one attached hydrogen (secondary N) is 2. The number of benzene rings is 1. The van der Waals surface area contributed by atoms with Crippen molar-refractivity contribution in [3.8, 4) is 5.88 Å². The summed E-state index contributed by atoms with van der Waals surface area (Å²) in [4.78, 5) is 28.3. The van der Waals surface area contributed by atoms with E-state index < -0.39 is 23.4 Å². The van der Waals surface area contributed by atoms with Gasteiger partial charge in [-0.05, 0) is 58.9 Å². The van der Waals surface area contributed by atoms with Gasteiger partial charge in [-0.3, -0.25) is 10.1 Å². The Balaban J connectivity index is 2.13. The van der Waals surface area contributed by atoms with E-state index in [1.807, 2.05) is 13.8 Å². The van der Waals surface area contributed by atoms with Gasteiger partial charge in [0.05, 0.1) is 17.4 Å². The van der Waals surface area contributed by atoms with Gasteiger partial charge in [-0.15, -0.1) is 0 Å². The highest BCUT2D eigenvalue weighted by atomic mass is 35.5. The quantitative estimate of drug-likeness (QED) is 0.684. The van der Waals surface area contributed by atoms with Crippen LogP contribution in [0.2, 0.25) is 5.02 Å². The Bertz CT molecular complexity index is 913. The first-order valence-corrected chi connectivity index (χ1v) is 9.25. The molecule has 0 fully saturated rings. The number of carbonyl (C=O) groups is 2. The number of halogens is 2. The Hall–Kier alpha value is -2.87. The molecule has 0 atom stereocenters. The van der Waals surface area contributed by atoms with Crippen molar-refractivity contribution in [1.82, 2.24) is 4.98 Å². The van der Waals surface area contributed by atoms with Crippen LogP contribution in [0.25, 0.3) is 0 Å². The fraction of sp³-hybridized carbons (Fsp3) is 0.350. The summed E-state index contributed by atoms with van der Waals surface area (Å²) < 4.78 is 24.5. The van der Waals surface area contributed by atoms with Gasteiger partial charge in [-0.25, -0.2) is 14.2 Å². The molecule has 0 bridgehead atoms. The molecule has 0 radical (unpaired) electrons. The maximum absolute atomic E-state index is 14.0. The summed E-state index contributed by atoms with van der Waals surface area (Å²) in [6.07, 6.45) is 0.397. The normalized spacial score (nSPS) is 11.2. The molecule has 156 valence electrons. The van der Waals surface area contributed by atoms with Crippen molar-refractivity contribution in [2.75, 3.05) is 10.6 Å². The molecular formula is C20H23ClFN3O4. The van der Waals surface area contributed by atoms with Gasteiger partial charge in [-0.2, -0.15) is 0 Å². The van der Waals surface area contributed by atoms with Gasteiger partial charge in [0.25, 0.3) is 5.91 Å². The number of rotatable bonds is 5. The fourth-order valence-corrected chi connectivity index (χ4v) is 2.39. The van der Waals surface area contributed by atoms with Crippen LogP contribution >= 0.6 is 11.6 Å². The van der Waals surface area contributed by atoms with Gasteiger partial charge in [0.2, 0.25) is 5.88 Å². The van der Waals surface area contributed by atoms with Crippen LogP contribution < -0.4 is 15.4 Å². The molecule has 0 aliphatic heterocycles. The zero-order valence-electron chi connectivity index (χ0n) is 16.8. The number of hydrogen-bond donors (Lipinski definition) is 2. The number of aromatic nitrogens is 1. The van der Waals surface area contributed by atoms with Crippen LogP contribution in [-0.4, -0.2) is 28.7 Å². The Labute approximate surface area is 173 Å². The maximum Gasteiger partial charge on any atom is 0.412 e. The Morgan fingerprint density at radius 3 is 2.45 bits per heavy atom. The van der Waals surface area contributed by atoms with Crippen LogP contribution in [0.15, 0.2) is 30.5 Å². The van der Waals surface area contributed by atoms with E-state index in [9.17, 15) is 14.0 Å². The van der Waals surface area contributed by atoms with Gasteiger partial charge in [0.15, 0.2) is 0 Å². The summed E-state index contributed by atoms with van der Waals surface area (Å²) in [7, 11) is 0. The standard InChI is InChI=1S/C20H23ClFN3O4/c1-11(2)28-18-14(21)8-12(10-23-18)17(26)24-13-6-7-15(22)16(9-13)25-19(27)29-20(3,4)5/h6-11H,1-5H3,(H,24,26)(H,25,27). The number of amides is 2. The van der Waals surface area contributed by atoms with E-state index in [2.05, 4.69) is 15.6 Å². The zero-order chi connectivity index (χ0) is 21.8. The molecule has 0 unspecified atom stereocenters. The fourth-order valence-electron chi connectivity index (χ4n) is 2.18. The SMILES string of the molecule is CC(C)Oc1ncc(C(=O)Nc2ccc(F)c(NC(=O)OC(C)(C)C)c2)cc1Cl. The van der Waals surface area contributed by atoms with Gasteiger partial charge < -0.3 is 14.8 Å². The molecule has 0 aliphatic rings. The topological polar surface area (TPSA) is 89.5 Å². The smallest absolute Gasteiger partial charge is 0.412 e. The second kappa shape index (κ2) is 9.09.